The molecular formula is C25H36BrF2N5O3SSi2. The van der Waals surface area contributed by atoms with Crippen molar-refractivity contribution in [3.8, 4) is 0 Å². The number of carboxylic acid groups (broad SMARTS) is 1. The molecule has 0 bridgehead atoms. The highest BCUT2D eigenvalue weighted by molar-refractivity contribution is 9.10. The van der Waals surface area contributed by atoms with Gasteiger partial charge in [-0.2, -0.15) is 0 Å². The minimum atomic E-state index is -1.71. The lowest BCUT2D eigenvalue weighted by Gasteiger charge is -2.38. The first-order valence-corrected chi connectivity index (χ1v) is 21.7. The van der Waals surface area contributed by atoms with E-state index in [2.05, 4.69) is 70.5 Å². The number of nitrogens with zero attached hydrogens (tertiary/aromatic N) is 5. The lowest BCUT2D eigenvalue weighted by atomic mass is 9.85. The molecule has 1 aromatic heterocycles. The van der Waals surface area contributed by atoms with E-state index in [1.54, 1.807) is 16.8 Å². The van der Waals surface area contributed by atoms with Gasteiger partial charge < -0.3 is 9.84 Å². The predicted octanol–water partition coefficient (Wildman–Crippen LogP) is 5.74. The second kappa shape index (κ2) is 11.0. The molecule has 1 aliphatic heterocycles. The number of fused-ring (bicyclic) bond motifs is 1. The number of benzene rings is 1. The number of carbonyl (C=O) groups is 1. The van der Waals surface area contributed by atoms with Crippen LogP contribution in [-0.4, -0.2) is 77.2 Å². The SMILES string of the molecule is C[Si](C)(C)CCOCN(C(=O)O)C1=N[C@](CF)(c2cc(Br)ccc2F)[C@H]2C[C@@]2(Cn2cc([Si](C)(C)C)nn2)S1. The van der Waals surface area contributed by atoms with E-state index >= 15 is 8.78 Å². The summed E-state index contributed by atoms with van der Waals surface area (Å²) in [6, 6.07) is 5.25. The molecule has 2 aromatic rings. The minimum Gasteiger partial charge on any atom is -0.465 e. The fourth-order valence-corrected chi connectivity index (χ4v) is 8.37. The molecule has 8 nitrogen and oxygen atoms in total. The predicted molar refractivity (Wildman–Crippen MR) is 159 cm³/mol. The Balaban J connectivity index is 1.73. The highest BCUT2D eigenvalue weighted by Crippen LogP contribution is 2.67. The van der Waals surface area contributed by atoms with Crippen LogP contribution in [0.4, 0.5) is 13.6 Å². The van der Waals surface area contributed by atoms with Crippen molar-refractivity contribution in [1.29, 1.82) is 0 Å². The van der Waals surface area contributed by atoms with Gasteiger partial charge in [0.25, 0.3) is 0 Å². The first-order valence-electron chi connectivity index (χ1n) is 12.9. The normalized spacial score (nSPS) is 24.7. The summed E-state index contributed by atoms with van der Waals surface area (Å²) in [7, 11) is -3.10. The number of aromatic nitrogens is 3. The zero-order valence-electron chi connectivity index (χ0n) is 23.2. The molecule has 214 valence electrons. The number of alkyl halides is 1. The van der Waals surface area contributed by atoms with Crippen LogP contribution >= 0.6 is 27.7 Å². The van der Waals surface area contributed by atoms with Gasteiger partial charge in [-0.3, -0.25) is 4.68 Å². The van der Waals surface area contributed by atoms with Crippen molar-refractivity contribution in [3.63, 3.8) is 0 Å². The van der Waals surface area contributed by atoms with Crippen LogP contribution in [0.5, 0.6) is 0 Å². The van der Waals surface area contributed by atoms with Gasteiger partial charge in [-0.1, -0.05) is 72.2 Å². The van der Waals surface area contributed by atoms with Crippen LogP contribution < -0.4 is 5.32 Å². The van der Waals surface area contributed by atoms with Crippen molar-refractivity contribution in [3.05, 3.63) is 40.2 Å². The van der Waals surface area contributed by atoms with E-state index in [1.165, 1.54) is 17.8 Å². The summed E-state index contributed by atoms with van der Waals surface area (Å²) in [6.45, 7) is 12.7. The van der Waals surface area contributed by atoms with Gasteiger partial charge in [-0.05, 0) is 30.7 Å². The number of ether oxygens (including phenoxy) is 1. The molecule has 4 rings (SSSR count). The number of amidine groups is 1. The van der Waals surface area contributed by atoms with E-state index in [1.807, 2.05) is 6.20 Å². The number of amides is 1. The van der Waals surface area contributed by atoms with E-state index in [9.17, 15) is 9.90 Å². The Kier molecular flexibility index (Phi) is 8.55. The average molecular weight is 661 g/mol. The van der Waals surface area contributed by atoms with Crippen LogP contribution in [0, 0.1) is 11.7 Å². The monoisotopic (exact) mass is 659 g/mol. The molecule has 3 atom stereocenters. The zero-order valence-corrected chi connectivity index (χ0v) is 27.6. The fraction of sp³-hybridized carbons (Fsp3) is 0.600. The van der Waals surface area contributed by atoms with Gasteiger partial charge in [0.15, 0.2) is 5.17 Å². The lowest BCUT2D eigenvalue weighted by Crippen LogP contribution is -2.46. The van der Waals surface area contributed by atoms with Crippen LogP contribution in [0.3, 0.4) is 0 Å². The van der Waals surface area contributed by atoms with Gasteiger partial charge in [-0.25, -0.2) is 23.5 Å². The van der Waals surface area contributed by atoms with Gasteiger partial charge in [-0.15, -0.1) is 5.10 Å². The molecule has 0 unspecified atom stereocenters. The highest BCUT2D eigenvalue weighted by Gasteiger charge is 2.69. The topological polar surface area (TPSA) is 92.8 Å². The molecule has 1 saturated carbocycles. The maximum Gasteiger partial charge on any atom is 0.415 e. The Hall–Kier alpha value is -1.62. The van der Waals surface area contributed by atoms with E-state index < -0.39 is 45.0 Å². The van der Waals surface area contributed by atoms with Crippen molar-refractivity contribution >= 4 is 60.4 Å². The number of thioether (sulfide) groups is 1. The highest BCUT2D eigenvalue weighted by atomic mass is 79.9. The second-order valence-electron chi connectivity index (χ2n) is 12.6. The first-order chi connectivity index (χ1) is 18.1. The summed E-state index contributed by atoms with van der Waals surface area (Å²) in [6.07, 6.45) is 1.19. The molecule has 1 N–H and O–H groups in total. The molecule has 1 amide bonds. The van der Waals surface area contributed by atoms with E-state index in [-0.39, 0.29) is 23.4 Å². The standard InChI is InChI=1S/C25H36BrF2N5O3SSi2/c1-38(2,3)10-9-36-16-33(23(34)35)22-29-25(14-27,18-11-17(26)7-8-19(18)28)20-12-24(20,37-22)15-32-13-21(30-31-32)39(4,5)6/h7-8,11,13,20H,9-10,12,14-16H2,1-6H3,(H,34,35)/t20-,24-,25+/m0/s1. The van der Waals surface area contributed by atoms with Gasteiger partial charge in [0, 0.05) is 41.6 Å². The van der Waals surface area contributed by atoms with Gasteiger partial charge in [0.2, 0.25) is 0 Å². The van der Waals surface area contributed by atoms with Crippen molar-refractivity contribution in [2.24, 2.45) is 10.9 Å². The molecule has 14 heteroatoms. The van der Waals surface area contributed by atoms with Crippen LogP contribution in [0.25, 0.3) is 0 Å². The van der Waals surface area contributed by atoms with Crippen LogP contribution in [-0.2, 0) is 16.8 Å². The molecule has 0 spiro atoms. The van der Waals surface area contributed by atoms with E-state index in [4.69, 9.17) is 4.74 Å². The summed E-state index contributed by atoms with van der Waals surface area (Å²) in [5, 5.41) is 19.9. The Bertz CT molecular complexity index is 1270. The summed E-state index contributed by atoms with van der Waals surface area (Å²) >= 11 is 4.67. The van der Waals surface area contributed by atoms with Gasteiger partial charge >= 0.3 is 6.09 Å². The van der Waals surface area contributed by atoms with E-state index in [0.29, 0.717) is 24.0 Å². The lowest BCUT2D eigenvalue weighted by molar-refractivity contribution is 0.0699. The van der Waals surface area contributed by atoms with E-state index in [0.717, 1.165) is 16.3 Å². The molecule has 0 saturated heterocycles. The third kappa shape index (κ3) is 6.49. The largest absolute Gasteiger partial charge is 0.465 e. The molecular weight excluding hydrogens is 624 g/mol. The average Bonchev–Trinajstić information content (AvgIpc) is 3.34. The first kappa shape index (κ1) is 30.3. The Morgan fingerprint density at radius 1 is 1.31 bits per heavy atom. The molecule has 1 aromatic carbocycles. The number of halogens is 3. The summed E-state index contributed by atoms with van der Waals surface area (Å²) in [5.74, 6) is -0.947. The van der Waals surface area contributed by atoms with Crippen LogP contribution in [0.1, 0.15) is 12.0 Å². The third-order valence-electron chi connectivity index (χ3n) is 7.20. The van der Waals surface area contributed by atoms with Crippen molar-refractivity contribution in [1.82, 2.24) is 19.9 Å². The third-order valence-corrected chi connectivity index (χ3v) is 12.6. The Morgan fingerprint density at radius 2 is 2.03 bits per heavy atom. The van der Waals surface area contributed by atoms with Gasteiger partial charge in [0.1, 0.15) is 32.8 Å². The van der Waals surface area contributed by atoms with Crippen LogP contribution in [0.2, 0.25) is 45.3 Å². The number of hydrogen-bond acceptors (Lipinski definition) is 6. The Morgan fingerprint density at radius 3 is 2.62 bits per heavy atom. The second-order valence-corrected chi connectivity index (χ2v) is 25.5. The minimum absolute atomic E-state index is 0.104. The maximum absolute atomic E-state index is 15.3. The quantitative estimate of drug-likeness (QED) is 0.199. The van der Waals surface area contributed by atoms with Crippen molar-refractivity contribution in [2.45, 2.75) is 68.6 Å². The van der Waals surface area contributed by atoms with Crippen molar-refractivity contribution < 1.29 is 23.4 Å². The molecule has 1 fully saturated rings. The zero-order chi connectivity index (χ0) is 28.8. The number of hydrogen-bond donors (Lipinski definition) is 1. The smallest absolute Gasteiger partial charge is 0.415 e. The number of rotatable bonds is 10. The molecule has 0 radical (unpaired) electrons. The number of aliphatic imine (C=N–C) groups is 1. The van der Waals surface area contributed by atoms with Crippen LogP contribution in [0.15, 0.2) is 33.9 Å². The molecule has 2 aliphatic rings. The van der Waals surface area contributed by atoms with Gasteiger partial charge in [0.05, 0.1) is 11.9 Å². The molecule has 1 aliphatic carbocycles. The summed E-state index contributed by atoms with van der Waals surface area (Å²) in [4.78, 5) is 18.1. The summed E-state index contributed by atoms with van der Waals surface area (Å²) in [5.41, 5.74) is -1.47. The molecule has 39 heavy (non-hydrogen) atoms. The maximum atomic E-state index is 15.3. The molecule has 2 heterocycles. The Labute approximate surface area is 242 Å². The summed E-state index contributed by atoms with van der Waals surface area (Å²) < 4.78 is 38.0. The van der Waals surface area contributed by atoms with Crippen molar-refractivity contribution in [2.75, 3.05) is 20.0 Å². The fourth-order valence-electron chi connectivity index (χ4n) is 4.77.